The zero-order valence-corrected chi connectivity index (χ0v) is 16.6. The number of halogens is 2. The molecule has 119 valence electrons. The molecular formula is C19H19Cl2OTi. The molecule has 0 N–H and O–H groups in total. The van der Waals surface area contributed by atoms with Gasteiger partial charge in [-0.2, -0.15) is 0 Å². The fourth-order valence-electron chi connectivity index (χ4n) is 3.29. The molecule has 1 unspecified atom stereocenters. The molecule has 0 heterocycles. The third-order valence-corrected chi connectivity index (χ3v) is 4.83. The number of hydrogen-bond donors (Lipinski definition) is 0. The van der Waals surface area contributed by atoms with Crippen LogP contribution in [0.1, 0.15) is 44.4 Å². The molecule has 1 nitrogen and oxygen atoms in total. The van der Waals surface area contributed by atoms with E-state index in [0.717, 1.165) is 6.42 Å². The molecule has 0 aliphatic heterocycles. The molecule has 1 aliphatic carbocycles. The summed E-state index contributed by atoms with van der Waals surface area (Å²) in [4.78, 5) is 0. The van der Waals surface area contributed by atoms with Gasteiger partial charge in [-0.3, -0.25) is 0 Å². The first-order chi connectivity index (χ1) is 10.1. The molecule has 2 aromatic carbocycles. The molecular weight excluding hydrogens is 363 g/mol. The van der Waals surface area contributed by atoms with Crippen molar-refractivity contribution in [3.05, 3.63) is 64.7 Å². The second-order valence-electron chi connectivity index (χ2n) is 5.84. The van der Waals surface area contributed by atoms with Crippen LogP contribution in [0.25, 0.3) is 16.3 Å². The standard InChI is InChI=1S/C19H19O.2ClH.Ti/c1-12-10-13(2)18(11-12)17-9-8-15-6-4-5-7-16(15)19(17)14(3)20;;;/h4-10,14H,11H2,1-3H3;2*1H;/q-1;;;+3/p-2. The van der Waals surface area contributed by atoms with Crippen LogP contribution in [0.3, 0.4) is 0 Å². The Morgan fingerprint density at radius 3 is 2.35 bits per heavy atom. The van der Waals surface area contributed by atoms with Crippen molar-refractivity contribution in [3.63, 3.8) is 0 Å². The summed E-state index contributed by atoms with van der Waals surface area (Å²) in [7, 11) is 0. The van der Waals surface area contributed by atoms with Crippen LogP contribution in [0, 0.1) is 0 Å². The summed E-state index contributed by atoms with van der Waals surface area (Å²) in [5.74, 6) is 0. The number of allylic oxidation sites excluding steroid dienone is 4. The molecule has 1 atom stereocenters. The zero-order valence-electron chi connectivity index (χ0n) is 13.5. The van der Waals surface area contributed by atoms with Crippen LogP contribution < -0.4 is 24.8 Å². The summed E-state index contributed by atoms with van der Waals surface area (Å²) in [6.07, 6.45) is 3.44. The predicted octanol–water partition coefficient (Wildman–Crippen LogP) is -0.489. The van der Waals surface area contributed by atoms with Crippen molar-refractivity contribution in [3.8, 4) is 0 Å². The molecule has 0 amide bonds. The Labute approximate surface area is 162 Å². The normalized spacial score (nSPS) is 15.1. The van der Waals surface area contributed by atoms with Gasteiger partial charge in [-0.25, -0.2) is 0 Å². The van der Waals surface area contributed by atoms with E-state index in [-0.39, 0.29) is 30.9 Å². The Balaban J connectivity index is 0.00000132. The summed E-state index contributed by atoms with van der Waals surface area (Å²) < 4.78 is 5.67. The maximum atomic E-state index is 5.67. The number of hydrogen-bond acceptors (Lipinski definition) is 1. The first kappa shape index (κ1) is 20.5. The van der Waals surface area contributed by atoms with E-state index in [2.05, 4.69) is 63.2 Å². The van der Waals surface area contributed by atoms with Crippen LogP contribution >= 0.6 is 0 Å². The molecule has 0 radical (unpaired) electrons. The van der Waals surface area contributed by atoms with Crippen LogP contribution in [0.2, 0.25) is 0 Å². The van der Waals surface area contributed by atoms with Crippen LogP contribution in [0.15, 0.2) is 53.6 Å². The van der Waals surface area contributed by atoms with Crippen LogP contribution in [-0.4, -0.2) is 0 Å². The topological polar surface area (TPSA) is 9.23 Å². The summed E-state index contributed by atoms with van der Waals surface area (Å²) in [5.41, 5.74) is 6.91. The predicted molar refractivity (Wildman–Crippen MR) is 84.4 cm³/mol. The Morgan fingerprint density at radius 2 is 1.74 bits per heavy atom. The minimum atomic E-state index is 0. The molecule has 0 bridgehead atoms. The van der Waals surface area contributed by atoms with Crippen LogP contribution in [0.4, 0.5) is 0 Å². The molecule has 23 heavy (non-hydrogen) atoms. The number of fused-ring (bicyclic) bond motifs is 1. The Morgan fingerprint density at radius 1 is 1.04 bits per heavy atom. The molecule has 1 aliphatic rings. The first-order valence-corrected chi connectivity index (χ1v) is 7.97. The van der Waals surface area contributed by atoms with E-state index >= 15 is 0 Å². The average Bonchev–Trinajstić information content (AvgIpc) is 2.83. The van der Waals surface area contributed by atoms with Crippen molar-refractivity contribution in [2.75, 3.05) is 0 Å². The Hall–Kier alpha value is -0.566. The maximum absolute atomic E-state index is 5.67. The van der Waals surface area contributed by atoms with Gasteiger partial charge >= 0.3 is 139 Å². The fourth-order valence-corrected chi connectivity index (χ4v) is 3.47. The largest absolute Gasteiger partial charge is 1.00 e. The van der Waals surface area contributed by atoms with E-state index in [9.17, 15) is 0 Å². The van der Waals surface area contributed by atoms with Gasteiger partial charge in [0.05, 0.1) is 0 Å². The third-order valence-electron chi connectivity index (χ3n) is 4.27. The van der Waals surface area contributed by atoms with Crippen molar-refractivity contribution < 1.29 is 49.0 Å². The van der Waals surface area contributed by atoms with Crippen molar-refractivity contribution in [2.45, 2.75) is 33.3 Å². The monoisotopic (exact) mass is 381 g/mol. The van der Waals surface area contributed by atoms with Gasteiger partial charge in [0.2, 0.25) is 0 Å². The van der Waals surface area contributed by atoms with Gasteiger partial charge < -0.3 is 24.8 Å². The van der Waals surface area contributed by atoms with E-state index in [1.165, 1.54) is 38.6 Å². The molecule has 0 saturated carbocycles. The van der Waals surface area contributed by atoms with Gasteiger partial charge in [0, 0.05) is 0 Å². The molecule has 0 aromatic heterocycles. The average molecular weight is 382 g/mol. The molecule has 4 heteroatoms. The van der Waals surface area contributed by atoms with Crippen LogP contribution in [-0.2, 0) is 24.1 Å². The van der Waals surface area contributed by atoms with E-state index in [1.807, 2.05) is 0 Å². The molecule has 2 aromatic rings. The molecule has 0 spiro atoms. The van der Waals surface area contributed by atoms with Gasteiger partial charge in [0.25, 0.3) is 0 Å². The van der Waals surface area contributed by atoms with E-state index in [0.29, 0.717) is 0 Å². The van der Waals surface area contributed by atoms with Gasteiger partial charge in [-0.15, -0.1) is 0 Å². The number of benzene rings is 2. The first-order valence-electron chi connectivity index (χ1n) is 7.33. The second kappa shape index (κ2) is 8.51. The smallest absolute Gasteiger partial charge is 1.00 e. The second-order valence-corrected chi connectivity index (χ2v) is 6.21. The van der Waals surface area contributed by atoms with E-state index in [1.54, 1.807) is 20.8 Å². The van der Waals surface area contributed by atoms with Crippen molar-refractivity contribution >= 4 is 16.3 Å². The van der Waals surface area contributed by atoms with Gasteiger partial charge in [-0.05, 0) is 0 Å². The quantitative estimate of drug-likeness (QED) is 0.652. The van der Waals surface area contributed by atoms with E-state index < -0.39 is 0 Å². The summed E-state index contributed by atoms with van der Waals surface area (Å²) in [6, 6.07) is 13.1. The van der Waals surface area contributed by atoms with E-state index in [4.69, 9.17) is 3.32 Å². The zero-order chi connectivity index (χ0) is 15.0. The summed E-state index contributed by atoms with van der Waals surface area (Å²) in [5, 5.41) is 2.58. The Bertz CT molecular complexity index is 765. The van der Waals surface area contributed by atoms with Gasteiger partial charge in [0.1, 0.15) is 0 Å². The SMILES string of the molecule is CC1=CC(C)=C(c2ccc3ccccc3c2C(C)[O][Ti+2])C1.[Cl-].[Cl-]. The third kappa shape index (κ3) is 3.92. The molecule has 3 rings (SSSR count). The van der Waals surface area contributed by atoms with Crippen molar-refractivity contribution in [1.82, 2.24) is 0 Å². The van der Waals surface area contributed by atoms with Crippen LogP contribution in [0.5, 0.6) is 0 Å². The Kier molecular flexibility index (Phi) is 7.58. The van der Waals surface area contributed by atoms with Crippen molar-refractivity contribution in [1.29, 1.82) is 0 Å². The van der Waals surface area contributed by atoms with Crippen molar-refractivity contribution in [2.24, 2.45) is 0 Å². The molecule has 0 saturated heterocycles. The van der Waals surface area contributed by atoms with Gasteiger partial charge in [-0.1, -0.05) is 0 Å². The van der Waals surface area contributed by atoms with Gasteiger partial charge in [0.15, 0.2) is 0 Å². The fraction of sp³-hybridized carbons (Fsp3) is 0.263. The summed E-state index contributed by atoms with van der Waals surface area (Å²) >= 11 is 1.79. The number of rotatable bonds is 3. The minimum absolute atomic E-state index is 0. The molecule has 0 fully saturated rings. The minimum Gasteiger partial charge on any atom is -1.00 e. The maximum Gasteiger partial charge on any atom is -1.00 e. The summed E-state index contributed by atoms with van der Waals surface area (Å²) in [6.45, 7) is 6.55.